The van der Waals surface area contributed by atoms with E-state index < -0.39 is 0 Å². The Kier molecular flexibility index (Phi) is 10.6. The van der Waals surface area contributed by atoms with Crippen LogP contribution in [0.5, 0.6) is 5.75 Å². The van der Waals surface area contributed by atoms with E-state index >= 15 is 0 Å². The SMILES string of the molecule is CCOC(=O)CCCCCCOc1ccccc1CN(C(=O)c1ccc(-c2ccco2)cc1)C(C)C. The standard InChI is InChI=1S/C30H37NO5/c1-4-34-29(32)15-7-5-6-10-20-35-28-13-9-8-12-26(28)22-31(23(2)3)30(33)25-18-16-24(17-19-25)27-14-11-21-36-27/h8-9,11-14,16-19,21,23H,4-7,10,15,20,22H2,1-3H3. The summed E-state index contributed by atoms with van der Waals surface area (Å²) in [5.41, 5.74) is 2.56. The van der Waals surface area contributed by atoms with Crippen molar-refractivity contribution in [3.05, 3.63) is 78.1 Å². The monoisotopic (exact) mass is 491 g/mol. The molecular weight excluding hydrogens is 454 g/mol. The summed E-state index contributed by atoms with van der Waals surface area (Å²) in [6.45, 7) is 7.36. The van der Waals surface area contributed by atoms with E-state index in [1.807, 2.05) is 86.3 Å². The average molecular weight is 492 g/mol. The highest BCUT2D eigenvalue weighted by atomic mass is 16.5. The smallest absolute Gasteiger partial charge is 0.305 e. The lowest BCUT2D eigenvalue weighted by molar-refractivity contribution is -0.143. The highest BCUT2D eigenvalue weighted by molar-refractivity contribution is 5.94. The van der Waals surface area contributed by atoms with E-state index in [9.17, 15) is 9.59 Å². The van der Waals surface area contributed by atoms with Crippen LogP contribution in [-0.4, -0.2) is 36.0 Å². The second-order valence-electron chi connectivity index (χ2n) is 9.01. The maximum absolute atomic E-state index is 13.4. The summed E-state index contributed by atoms with van der Waals surface area (Å²) in [7, 11) is 0. The molecule has 3 aromatic rings. The Bertz CT molecular complexity index is 1070. The highest BCUT2D eigenvalue weighted by Crippen LogP contribution is 2.24. The largest absolute Gasteiger partial charge is 0.493 e. The molecule has 0 aliphatic carbocycles. The summed E-state index contributed by atoms with van der Waals surface area (Å²) < 4.78 is 16.5. The molecule has 1 amide bonds. The van der Waals surface area contributed by atoms with Crippen molar-refractivity contribution in [2.24, 2.45) is 0 Å². The minimum Gasteiger partial charge on any atom is -0.493 e. The Morgan fingerprint density at radius 1 is 0.917 bits per heavy atom. The van der Waals surface area contributed by atoms with Gasteiger partial charge in [0.05, 0.1) is 19.5 Å². The average Bonchev–Trinajstić information content (AvgIpc) is 3.42. The van der Waals surface area contributed by atoms with Gasteiger partial charge >= 0.3 is 5.97 Å². The molecule has 0 saturated carbocycles. The minimum atomic E-state index is -0.125. The van der Waals surface area contributed by atoms with Crippen LogP contribution in [0, 0.1) is 0 Å². The maximum Gasteiger partial charge on any atom is 0.305 e. The number of hydrogen-bond acceptors (Lipinski definition) is 5. The molecule has 2 aromatic carbocycles. The molecule has 3 rings (SSSR count). The van der Waals surface area contributed by atoms with Crippen LogP contribution in [0.2, 0.25) is 0 Å². The predicted molar refractivity (Wildman–Crippen MR) is 141 cm³/mol. The number of para-hydroxylation sites is 1. The fraction of sp³-hybridized carbons (Fsp3) is 0.400. The second kappa shape index (κ2) is 14.1. The zero-order chi connectivity index (χ0) is 25.8. The lowest BCUT2D eigenvalue weighted by Gasteiger charge is -2.28. The zero-order valence-corrected chi connectivity index (χ0v) is 21.6. The van der Waals surface area contributed by atoms with Crippen LogP contribution >= 0.6 is 0 Å². The van der Waals surface area contributed by atoms with Crippen molar-refractivity contribution in [1.29, 1.82) is 0 Å². The summed E-state index contributed by atoms with van der Waals surface area (Å²) in [6.07, 6.45) is 5.82. The minimum absolute atomic E-state index is 0.0209. The van der Waals surface area contributed by atoms with Crippen LogP contribution in [-0.2, 0) is 16.1 Å². The number of amides is 1. The Morgan fingerprint density at radius 2 is 1.67 bits per heavy atom. The van der Waals surface area contributed by atoms with Crippen molar-refractivity contribution >= 4 is 11.9 Å². The van der Waals surface area contributed by atoms with Crippen LogP contribution in [0.4, 0.5) is 0 Å². The van der Waals surface area contributed by atoms with Gasteiger partial charge in [0.1, 0.15) is 11.5 Å². The number of carbonyl (C=O) groups excluding carboxylic acids is 2. The van der Waals surface area contributed by atoms with Gasteiger partial charge in [0.2, 0.25) is 0 Å². The summed E-state index contributed by atoms with van der Waals surface area (Å²) in [4.78, 5) is 26.7. The van der Waals surface area contributed by atoms with Crippen molar-refractivity contribution in [2.45, 2.75) is 65.5 Å². The van der Waals surface area contributed by atoms with E-state index in [-0.39, 0.29) is 17.9 Å². The number of ether oxygens (including phenoxy) is 2. The number of furan rings is 1. The third-order valence-electron chi connectivity index (χ3n) is 5.97. The molecular formula is C30H37NO5. The molecule has 1 aromatic heterocycles. The topological polar surface area (TPSA) is 69.0 Å². The summed E-state index contributed by atoms with van der Waals surface area (Å²) in [5.74, 6) is 1.43. The van der Waals surface area contributed by atoms with Gasteiger partial charge in [0.25, 0.3) is 5.91 Å². The quantitative estimate of drug-likeness (QED) is 0.181. The van der Waals surface area contributed by atoms with Gasteiger partial charge in [-0.25, -0.2) is 0 Å². The summed E-state index contributed by atoms with van der Waals surface area (Å²) >= 11 is 0. The number of esters is 1. The van der Waals surface area contributed by atoms with E-state index in [2.05, 4.69) is 0 Å². The van der Waals surface area contributed by atoms with Crippen LogP contribution in [0.3, 0.4) is 0 Å². The molecule has 0 unspecified atom stereocenters. The molecule has 0 N–H and O–H groups in total. The van der Waals surface area contributed by atoms with Crippen molar-refractivity contribution in [3.63, 3.8) is 0 Å². The molecule has 0 atom stereocenters. The van der Waals surface area contributed by atoms with Gasteiger partial charge in [0.15, 0.2) is 0 Å². The van der Waals surface area contributed by atoms with E-state index in [0.29, 0.717) is 31.7 Å². The highest BCUT2D eigenvalue weighted by Gasteiger charge is 2.21. The van der Waals surface area contributed by atoms with Gasteiger partial charge in [-0.2, -0.15) is 0 Å². The third-order valence-corrected chi connectivity index (χ3v) is 5.97. The number of unbranched alkanes of at least 4 members (excludes halogenated alkanes) is 3. The molecule has 0 fully saturated rings. The Morgan fingerprint density at radius 3 is 2.36 bits per heavy atom. The van der Waals surface area contributed by atoms with Crippen LogP contribution in [0.15, 0.2) is 71.3 Å². The number of rotatable bonds is 14. The van der Waals surface area contributed by atoms with Crippen LogP contribution < -0.4 is 4.74 Å². The molecule has 0 aliphatic heterocycles. The van der Waals surface area contributed by atoms with Crippen LogP contribution in [0.1, 0.15) is 68.8 Å². The Labute approximate surface area is 214 Å². The number of benzene rings is 2. The fourth-order valence-corrected chi connectivity index (χ4v) is 3.97. The van der Waals surface area contributed by atoms with E-state index in [1.165, 1.54) is 0 Å². The van der Waals surface area contributed by atoms with Crippen LogP contribution in [0.25, 0.3) is 11.3 Å². The van der Waals surface area contributed by atoms with Gasteiger partial charge in [-0.05, 0) is 63.9 Å². The third kappa shape index (κ3) is 8.01. The van der Waals surface area contributed by atoms with Gasteiger partial charge in [-0.15, -0.1) is 0 Å². The Balaban J connectivity index is 1.55. The molecule has 0 bridgehead atoms. The molecule has 36 heavy (non-hydrogen) atoms. The molecule has 0 saturated heterocycles. The second-order valence-corrected chi connectivity index (χ2v) is 9.01. The maximum atomic E-state index is 13.4. The lowest BCUT2D eigenvalue weighted by Crippen LogP contribution is -2.36. The molecule has 0 spiro atoms. The summed E-state index contributed by atoms with van der Waals surface area (Å²) in [5, 5.41) is 0. The van der Waals surface area contributed by atoms with E-state index in [0.717, 1.165) is 48.3 Å². The molecule has 6 heteroatoms. The molecule has 192 valence electrons. The molecule has 6 nitrogen and oxygen atoms in total. The van der Waals surface area contributed by atoms with Gasteiger partial charge in [-0.1, -0.05) is 43.2 Å². The van der Waals surface area contributed by atoms with Crippen molar-refractivity contribution < 1.29 is 23.5 Å². The first-order valence-electron chi connectivity index (χ1n) is 12.8. The number of nitrogens with zero attached hydrogens (tertiary/aromatic N) is 1. The normalized spacial score (nSPS) is 10.9. The lowest BCUT2D eigenvalue weighted by atomic mass is 10.1. The van der Waals surface area contributed by atoms with Gasteiger partial charge < -0.3 is 18.8 Å². The number of hydrogen-bond donors (Lipinski definition) is 0. The van der Waals surface area contributed by atoms with Crippen molar-refractivity contribution in [3.8, 4) is 17.1 Å². The fourth-order valence-electron chi connectivity index (χ4n) is 3.97. The predicted octanol–water partition coefficient (Wildman–Crippen LogP) is 6.89. The molecule has 0 aliphatic rings. The molecule has 1 heterocycles. The van der Waals surface area contributed by atoms with Crippen molar-refractivity contribution in [2.75, 3.05) is 13.2 Å². The zero-order valence-electron chi connectivity index (χ0n) is 21.6. The van der Waals surface area contributed by atoms with E-state index in [1.54, 1.807) is 6.26 Å². The van der Waals surface area contributed by atoms with E-state index in [4.69, 9.17) is 13.9 Å². The first-order valence-corrected chi connectivity index (χ1v) is 12.8. The first-order chi connectivity index (χ1) is 17.5. The number of carbonyl (C=O) groups is 2. The molecule has 0 radical (unpaired) electrons. The van der Waals surface area contributed by atoms with Gasteiger partial charge in [-0.3, -0.25) is 9.59 Å². The summed E-state index contributed by atoms with van der Waals surface area (Å²) in [6, 6.07) is 19.2. The first kappa shape index (κ1) is 27.1. The van der Waals surface area contributed by atoms with Crippen molar-refractivity contribution in [1.82, 2.24) is 4.90 Å². The van der Waals surface area contributed by atoms with Gasteiger partial charge in [0, 0.05) is 35.7 Å². The Hall–Kier alpha value is -3.54.